The first-order chi connectivity index (χ1) is 20.2. The maximum atomic E-state index is 12.6. The average molecular weight is 629 g/mol. The summed E-state index contributed by atoms with van der Waals surface area (Å²) in [5.74, 6) is 0.458. The molecule has 0 aromatic heterocycles. The van der Waals surface area contributed by atoms with E-state index in [9.17, 15) is 32.3 Å². The Morgan fingerprint density at radius 2 is 1.16 bits per heavy atom. The monoisotopic (exact) mass is 628 g/mol. The van der Waals surface area contributed by atoms with Gasteiger partial charge >= 0.3 is 0 Å². The lowest BCUT2D eigenvalue weighted by Gasteiger charge is -2.14. The van der Waals surface area contributed by atoms with Crippen LogP contribution in [0.25, 0.3) is 12.2 Å². The van der Waals surface area contributed by atoms with Gasteiger partial charge in [-0.1, -0.05) is 39.3 Å². The molecule has 3 aromatic rings. The largest absolute Gasteiger partial charge is 0.507 e. The van der Waals surface area contributed by atoms with E-state index in [0.29, 0.717) is 39.0 Å². The maximum Gasteiger partial charge on any atom is 0.261 e. The van der Waals surface area contributed by atoms with Crippen LogP contribution in [-0.2, 0) is 31.5 Å². The summed E-state index contributed by atoms with van der Waals surface area (Å²) in [7, 11) is -7.33. The van der Waals surface area contributed by atoms with E-state index >= 15 is 0 Å². The zero-order valence-electron chi connectivity index (χ0n) is 24.5. The molecule has 0 bridgehead atoms. The molecule has 0 amide bonds. The Balaban J connectivity index is 0.000000208. The van der Waals surface area contributed by atoms with Gasteiger partial charge in [-0.25, -0.2) is 16.8 Å². The van der Waals surface area contributed by atoms with Gasteiger partial charge in [0.1, 0.15) is 11.5 Å². The van der Waals surface area contributed by atoms with Crippen LogP contribution < -0.4 is 0 Å². The first-order valence-electron chi connectivity index (χ1n) is 13.6. The van der Waals surface area contributed by atoms with Gasteiger partial charge in [0.15, 0.2) is 0 Å². The second-order valence-corrected chi connectivity index (χ2v) is 14.3. The highest BCUT2D eigenvalue weighted by Crippen LogP contribution is 2.31. The van der Waals surface area contributed by atoms with Crippen LogP contribution in [0.5, 0.6) is 11.5 Å². The van der Waals surface area contributed by atoms with Crippen LogP contribution in [0.1, 0.15) is 51.8 Å². The molecule has 2 fully saturated rings. The smallest absolute Gasteiger partial charge is 0.261 e. The van der Waals surface area contributed by atoms with Gasteiger partial charge < -0.3 is 10.2 Å². The fourth-order valence-electron chi connectivity index (χ4n) is 4.84. The van der Waals surface area contributed by atoms with Gasteiger partial charge in [-0.2, -0.15) is 0 Å². The molecule has 3 N–H and O–H groups in total. The first kappa shape index (κ1) is 32.4. The first-order valence-corrected chi connectivity index (χ1v) is 16.5. The summed E-state index contributed by atoms with van der Waals surface area (Å²) in [6.07, 6.45) is 3.87. The molecule has 3 aromatic carbocycles. The van der Waals surface area contributed by atoms with Crippen molar-refractivity contribution in [2.24, 2.45) is 0 Å². The lowest BCUT2D eigenvalue weighted by molar-refractivity contribution is -0.0894. The number of hydrogen-bond acceptors (Lipinski definition) is 8. The molecule has 2 aliphatic heterocycles. The van der Waals surface area contributed by atoms with Gasteiger partial charge in [-0.15, -0.1) is 0 Å². The van der Waals surface area contributed by atoms with E-state index in [-0.39, 0.29) is 36.0 Å². The molecule has 12 heteroatoms. The van der Waals surface area contributed by atoms with Crippen molar-refractivity contribution < 1.29 is 37.1 Å². The molecule has 0 spiro atoms. The molecule has 2 heterocycles. The van der Waals surface area contributed by atoms with E-state index in [1.54, 1.807) is 58.0 Å². The van der Waals surface area contributed by atoms with E-state index in [1.807, 2.05) is 30.3 Å². The summed E-state index contributed by atoms with van der Waals surface area (Å²) in [6.45, 7) is 7.70. The second kappa shape index (κ2) is 13.0. The number of aryl methyl sites for hydroxylation is 4. The topological polar surface area (TPSA) is 145 Å². The molecule has 0 radical (unpaired) electrons. The lowest BCUT2D eigenvalue weighted by Crippen LogP contribution is -2.25. The Kier molecular flexibility index (Phi) is 9.79. The number of rotatable bonds is 5. The van der Waals surface area contributed by atoms with Gasteiger partial charge in [0, 0.05) is 25.9 Å². The van der Waals surface area contributed by atoms with E-state index in [1.165, 1.54) is 6.08 Å². The minimum atomic E-state index is -3.71. The summed E-state index contributed by atoms with van der Waals surface area (Å²) in [5, 5.41) is 28.7. The van der Waals surface area contributed by atoms with Crippen LogP contribution in [0.4, 0.5) is 0 Å². The number of hydroxylamine groups is 2. The Morgan fingerprint density at radius 1 is 0.721 bits per heavy atom. The van der Waals surface area contributed by atoms with Crippen molar-refractivity contribution in [1.29, 1.82) is 0 Å². The summed E-state index contributed by atoms with van der Waals surface area (Å²) >= 11 is 0. The molecule has 0 saturated carbocycles. The molecular weight excluding hydrogens is 592 g/mol. The highest BCUT2D eigenvalue weighted by atomic mass is 32.2. The predicted octanol–water partition coefficient (Wildman–Crippen LogP) is 5.29. The van der Waals surface area contributed by atoms with Crippen LogP contribution in [0.3, 0.4) is 0 Å². The Bertz CT molecular complexity index is 1740. The number of sulfonamides is 2. The number of nitrogens with zero attached hydrogens (tertiary/aromatic N) is 2. The zero-order chi connectivity index (χ0) is 31.5. The van der Waals surface area contributed by atoms with E-state index < -0.39 is 20.0 Å². The van der Waals surface area contributed by atoms with E-state index in [0.717, 1.165) is 26.7 Å². The normalized spacial score (nSPS) is 19.9. The summed E-state index contributed by atoms with van der Waals surface area (Å²) < 4.78 is 50.1. The molecule has 5 rings (SSSR count). The van der Waals surface area contributed by atoms with E-state index in [2.05, 4.69) is 0 Å². The zero-order valence-corrected chi connectivity index (χ0v) is 26.1. The van der Waals surface area contributed by atoms with Crippen LogP contribution in [0, 0.1) is 27.7 Å². The lowest BCUT2D eigenvalue weighted by atomic mass is 10.1. The SMILES string of the molecule is Cc1cc(/C=C2\CCN(O)S2(=O)=O)cc(C)c1O.Cc1cc(/C=C2\CCN(OCc3ccccc3)S2(=O)=O)cc(C)c1O. The number of phenols is 2. The molecule has 2 aliphatic rings. The van der Waals surface area contributed by atoms with Gasteiger partial charge in [0.05, 0.1) is 16.4 Å². The average Bonchev–Trinajstić information content (AvgIpc) is 3.37. The number of aromatic hydroxyl groups is 2. The highest BCUT2D eigenvalue weighted by molar-refractivity contribution is 7.93. The van der Waals surface area contributed by atoms with Crippen molar-refractivity contribution in [3.05, 3.63) is 103 Å². The van der Waals surface area contributed by atoms with Gasteiger partial charge in [0.2, 0.25) is 0 Å². The Morgan fingerprint density at radius 3 is 1.60 bits per heavy atom. The van der Waals surface area contributed by atoms with E-state index in [4.69, 9.17) is 4.84 Å². The van der Waals surface area contributed by atoms with Gasteiger partial charge in [0.25, 0.3) is 20.0 Å². The van der Waals surface area contributed by atoms with Crippen molar-refractivity contribution in [3.63, 3.8) is 0 Å². The summed E-state index contributed by atoms with van der Waals surface area (Å²) in [6, 6.07) is 16.4. The fourth-order valence-corrected chi connectivity index (χ4v) is 7.49. The number of phenolic OH excluding ortho intramolecular Hbond substituents is 2. The molecule has 0 atom stereocenters. The van der Waals surface area contributed by atoms with Gasteiger partial charge in [-0.05, 0) is 103 Å². The summed E-state index contributed by atoms with van der Waals surface area (Å²) in [5.41, 5.74) is 5.21. The summed E-state index contributed by atoms with van der Waals surface area (Å²) in [4.78, 5) is 6.02. The van der Waals surface area contributed by atoms with Gasteiger partial charge in [-0.3, -0.25) is 10.0 Å². The fraction of sp³-hybridized carbons (Fsp3) is 0.290. The standard InChI is InChI=1S/C19H21NO4S.C12H15NO4S/c1-14-10-17(11-15(2)19(14)21)12-18-8-9-20(25(18,22)23)24-13-16-6-4-3-5-7-16;1-8-5-10(6-9(2)12(8)14)7-11-3-4-13(15)18(11,16)17/h3-7,10-12,21H,8-9,13H2,1-2H3;5-7,14-15H,3-4H2,1-2H3/b18-12+;11-7+. The maximum absolute atomic E-state index is 12.6. The van der Waals surface area contributed by atoms with Crippen LogP contribution in [0.15, 0.2) is 64.4 Å². The minimum Gasteiger partial charge on any atom is -0.507 e. The van der Waals surface area contributed by atoms with Crippen molar-refractivity contribution in [1.82, 2.24) is 8.94 Å². The Labute approximate surface area is 252 Å². The molecular formula is C31H36N2O8S2. The molecule has 0 aliphatic carbocycles. The third-order valence-corrected chi connectivity index (χ3v) is 10.7. The molecule has 0 unspecified atom stereocenters. The molecule has 230 valence electrons. The van der Waals surface area contributed by atoms with Crippen LogP contribution >= 0.6 is 0 Å². The number of hydrogen-bond donors (Lipinski definition) is 3. The number of benzene rings is 3. The molecule has 10 nitrogen and oxygen atoms in total. The van der Waals surface area contributed by atoms with Crippen LogP contribution in [-0.4, -0.2) is 54.3 Å². The Hall–Kier alpha value is -3.52. The minimum absolute atomic E-state index is 0.0875. The second-order valence-electron chi connectivity index (χ2n) is 10.6. The predicted molar refractivity (Wildman–Crippen MR) is 165 cm³/mol. The van der Waals surface area contributed by atoms with Crippen molar-refractivity contribution in [2.45, 2.75) is 47.1 Å². The molecule has 2 saturated heterocycles. The van der Waals surface area contributed by atoms with Crippen molar-refractivity contribution >= 4 is 32.2 Å². The molecule has 43 heavy (non-hydrogen) atoms. The highest BCUT2D eigenvalue weighted by Gasteiger charge is 2.35. The van der Waals surface area contributed by atoms with Crippen LogP contribution in [0.2, 0.25) is 0 Å². The third kappa shape index (κ3) is 7.35. The quantitative estimate of drug-likeness (QED) is 0.346. The van der Waals surface area contributed by atoms with Crippen molar-refractivity contribution in [3.8, 4) is 11.5 Å². The third-order valence-electron chi connectivity index (χ3n) is 7.20. The van der Waals surface area contributed by atoms with Crippen molar-refractivity contribution in [2.75, 3.05) is 13.1 Å².